The van der Waals surface area contributed by atoms with E-state index in [0.717, 1.165) is 13.8 Å². The number of rotatable bonds is 9. The van der Waals surface area contributed by atoms with Crippen LogP contribution in [0.3, 0.4) is 0 Å². The number of hydrogen-bond donors (Lipinski definition) is 1. The van der Waals surface area contributed by atoms with Crippen LogP contribution in [0.2, 0.25) is 0 Å². The van der Waals surface area contributed by atoms with Crippen molar-refractivity contribution in [3.63, 3.8) is 0 Å². The van der Waals surface area contributed by atoms with Crippen LogP contribution in [0.5, 0.6) is 0 Å². The Morgan fingerprint density at radius 3 is 2.09 bits per heavy atom. The summed E-state index contributed by atoms with van der Waals surface area (Å²) in [7, 11) is 0. The lowest BCUT2D eigenvalue weighted by atomic mass is 9.94. The zero-order valence-electron chi connectivity index (χ0n) is 23.9. The standard InChI is InChI=1S/C28H24Cl3N5O10/c1-13(37)43-21-19(12-42-25(41)16-8-4-3-7-15(16)11-34-35-33)45-26(46-27(32)28(29,30)31)20(22(21)44-14(2)38)36-23(39)17-9-5-6-10-18(17)24(36)40/h3-10,19-22,26,32H,11-12H2,1-2H3/t19-,20-,21-,22-,26+/m1/s1. The highest BCUT2D eigenvalue weighted by Gasteiger charge is 2.58. The van der Waals surface area contributed by atoms with Gasteiger partial charge in [0.05, 0.1) is 23.2 Å². The molecule has 46 heavy (non-hydrogen) atoms. The largest absolute Gasteiger partial charge is 0.459 e. The number of alkyl halides is 3. The molecule has 0 aliphatic carbocycles. The van der Waals surface area contributed by atoms with Crippen LogP contribution in [0.25, 0.3) is 10.4 Å². The average molecular weight is 697 g/mol. The molecule has 15 nitrogen and oxygen atoms in total. The lowest BCUT2D eigenvalue weighted by Crippen LogP contribution is -2.68. The molecule has 1 N–H and O–H groups in total. The number of hydrogen-bond acceptors (Lipinski definition) is 12. The van der Waals surface area contributed by atoms with Crippen LogP contribution < -0.4 is 0 Å². The third-order valence-corrected chi connectivity index (χ3v) is 7.27. The highest BCUT2D eigenvalue weighted by Crippen LogP contribution is 2.37. The molecule has 2 aromatic carbocycles. The number of benzene rings is 2. The molecule has 242 valence electrons. The van der Waals surface area contributed by atoms with Gasteiger partial charge in [-0.3, -0.25) is 29.5 Å². The van der Waals surface area contributed by atoms with Gasteiger partial charge < -0.3 is 23.7 Å². The minimum absolute atomic E-state index is 0.00349. The predicted molar refractivity (Wildman–Crippen MR) is 159 cm³/mol. The minimum Gasteiger partial charge on any atom is -0.459 e. The molecular formula is C28H24Cl3N5O10. The van der Waals surface area contributed by atoms with Gasteiger partial charge in [0.1, 0.15) is 18.8 Å². The fourth-order valence-corrected chi connectivity index (χ4v) is 5.05. The predicted octanol–water partition coefficient (Wildman–Crippen LogP) is 4.27. The summed E-state index contributed by atoms with van der Waals surface area (Å²) in [5.74, 6) is -5.40. The fourth-order valence-electron chi connectivity index (χ4n) is 4.92. The summed E-state index contributed by atoms with van der Waals surface area (Å²) >= 11 is 17.5. The molecule has 4 rings (SSSR count). The van der Waals surface area contributed by atoms with E-state index < -0.39 is 76.7 Å². The summed E-state index contributed by atoms with van der Waals surface area (Å²) in [5, 5.41) is 11.6. The molecular weight excluding hydrogens is 673 g/mol. The Labute approximate surface area is 275 Å². The number of fused-ring (bicyclic) bond motifs is 1. The number of azide groups is 1. The van der Waals surface area contributed by atoms with Crippen molar-refractivity contribution in [2.75, 3.05) is 6.61 Å². The molecule has 2 heterocycles. The van der Waals surface area contributed by atoms with Gasteiger partial charge in [0, 0.05) is 18.8 Å². The fraction of sp³-hybridized carbons (Fsp3) is 0.357. The van der Waals surface area contributed by atoms with E-state index in [9.17, 15) is 24.0 Å². The van der Waals surface area contributed by atoms with Crippen LogP contribution >= 0.6 is 34.8 Å². The zero-order valence-corrected chi connectivity index (χ0v) is 26.2. The molecule has 2 amide bonds. The molecule has 0 saturated carbocycles. The van der Waals surface area contributed by atoms with Gasteiger partial charge in [-0.2, -0.15) is 0 Å². The number of carbonyl (C=O) groups excluding carboxylic acids is 5. The zero-order chi connectivity index (χ0) is 33.8. The first-order chi connectivity index (χ1) is 21.7. The number of esters is 3. The number of carbonyl (C=O) groups is 5. The maximum atomic E-state index is 13.6. The van der Waals surface area contributed by atoms with Crippen LogP contribution in [0, 0.1) is 5.41 Å². The second-order valence-corrected chi connectivity index (χ2v) is 12.1. The first-order valence-corrected chi connectivity index (χ1v) is 14.4. The van der Waals surface area contributed by atoms with E-state index in [1.165, 1.54) is 30.3 Å². The molecule has 2 aliphatic heterocycles. The molecule has 1 saturated heterocycles. The Morgan fingerprint density at radius 2 is 1.52 bits per heavy atom. The highest BCUT2D eigenvalue weighted by molar-refractivity contribution is 6.76. The van der Waals surface area contributed by atoms with E-state index in [0.29, 0.717) is 10.5 Å². The Hall–Kier alpha value is -4.40. The van der Waals surface area contributed by atoms with E-state index in [4.69, 9.17) is 69.4 Å². The van der Waals surface area contributed by atoms with Crippen molar-refractivity contribution in [2.24, 2.45) is 5.11 Å². The van der Waals surface area contributed by atoms with Crippen LogP contribution in [-0.4, -0.2) is 81.6 Å². The van der Waals surface area contributed by atoms with Gasteiger partial charge in [-0.15, -0.1) is 0 Å². The maximum Gasteiger partial charge on any atom is 0.338 e. The minimum atomic E-state index is -2.45. The number of nitrogens with zero attached hydrogens (tertiary/aromatic N) is 4. The second kappa shape index (κ2) is 14.4. The smallest absolute Gasteiger partial charge is 0.338 e. The van der Waals surface area contributed by atoms with Crippen LogP contribution in [0.1, 0.15) is 50.5 Å². The van der Waals surface area contributed by atoms with E-state index >= 15 is 0 Å². The molecule has 0 unspecified atom stereocenters. The number of amides is 2. The molecule has 2 aliphatic rings. The molecule has 0 spiro atoms. The van der Waals surface area contributed by atoms with Crippen LogP contribution in [-0.2, 0) is 39.8 Å². The number of halogens is 3. The number of nitrogens with one attached hydrogen (secondary N) is 1. The molecule has 5 atom stereocenters. The highest BCUT2D eigenvalue weighted by atomic mass is 35.6. The average Bonchev–Trinajstić information content (AvgIpc) is 3.24. The van der Waals surface area contributed by atoms with Crippen LogP contribution in [0.15, 0.2) is 53.6 Å². The van der Waals surface area contributed by atoms with E-state index in [-0.39, 0.29) is 23.2 Å². The van der Waals surface area contributed by atoms with Gasteiger partial charge in [0.25, 0.3) is 15.6 Å². The van der Waals surface area contributed by atoms with Crippen molar-refractivity contribution in [3.8, 4) is 0 Å². The molecule has 1 fully saturated rings. The summed E-state index contributed by atoms with van der Waals surface area (Å²) in [5.41, 5.74) is 9.08. The van der Waals surface area contributed by atoms with E-state index in [2.05, 4.69) is 10.0 Å². The lowest BCUT2D eigenvalue weighted by molar-refractivity contribution is -0.267. The quantitative estimate of drug-likeness (QED) is 0.0453. The van der Waals surface area contributed by atoms with Crippen molar-refractivity contribution in [3.05, 3.63) is 81.2 Å². The maximum absolute atomic E-state index is 13.6. The molecule has 0 aromatic heterocycles. The molecule has 0 radical (unpaired) electrons. The summed E-state index contributed by atoms with van der Waals surface area (Å²) in [4.78, 5) is 68.3. The normalized spacial score (nSPS) is 22.3. The first-order valence-electron chi connectivity index (χ1n) is 13.3. The van der Waals surface area contributed by atoms with E-state index in [1.807, 2.05) is 0 Å². The Bertz CT molecular complexity index is 1590. The Morgan fingerprint density at radius 1 is 0.957 bits per heavy atom. The van der Waals surface area contributed by atoms with Crippen molar-refractivity contribution in [1.29, 1.82) is 5.41 Å². The SMILES string of the molecule is CC(=O)O[C@H]1[C@H](OC(C)=O)[C@@H](COC(=O)c2ccccc2CN=[N+]=[N-])O[C@@H](OC(=N)C(Cl)(Cl)Cl)[C@@H]1N1C(=O)c2ccccc2C1=O. The monoisotopic (exact) mass is 695 g/mol. The van der Waals surface area contributed by atoms with Crippen LogP contribution in [0.4, 0.5) is 0 Å². The van der Waals surface area contributed by atoms with Gasteiger partial charge in [-0.25, -0.2) is 4.79 Å². The van der Waals surface area contributed by atoms with Gasteiger partial charge >= 0.3 is 17.9 Å². The van der Waals surface area contributed by atoms with Crippen molar-refractivity contribution >= 4 is 70.4 Å². The summed E-state index contributed by atoms with van der Waals surface area (Å²) in [6, 6.07) is 10.2. The van der Waals surface area contributed by atoms with Gasteiger partial charge in [-0.1, -0.05) is 70.2 Å². The molecule has 2 aromatic rings. The number of ether oxygens (including phenoxy) is 5. The van der Waals surface area contributed by atoms with Gasteiger partial charge in [0.15, 0.2) is 12.2 Å². The van der Waals surface area contributed by atoms with Gasteiger partial charge in [0.2, 0.25) is 12.2 Å². The Balaban J connectivity index is 1.76. The lowest BCUT2D eigenvalue weighted by Gasteiger charge is -2.47. The van der Waals surface area contributed by atoms with Gasteiger partial charge in [-0.05, 0) is 29.3 Å². The molecule has 18 heteroatoms. The molecule has 0 bridgehead atoms. The van der Waals surface area contributed by atoms with Crippen molar-refractivity contribution in [1.82, 2.24) is 4.90 Å². The summed E-state index contributed by atoms with van der Waals surface area (Å²) < 4.78 is 25.5. The van der Waals surface area contributed by atoms with E-state index in [1.54, 1.807) is 18.2 Å². The van der Waals surface area contributed by atoms with Crippen molar-refractivity contribution in [2.45, 2.75) is 54.8 Å². The summed E-state index contributed by atoms with van der Waals surface area (Å²) in [6.07, 6.45) is -6.70. The van der Waals surface area contributed by atoms with Crippen molar-refractivity contribution < 1.29 is 47.7 Å². The third-order valence-electron chi connectivity index (χ3n) is 6.75. The summed E-state index contributed by atoms with van der Waals surface area (Å²) in [6.45, 7) is 1.22. The first kappa shape index (κ1) is 34.5. The Kier molecular flexibility index (Phi) is 10.8. The number of imide groups is 1. The third kappa shape index (κ3) is 7.52. The topological polar surface area (TPSA) is 207 Å². The second-order valence-electron chi connectivity index (χ2n) is 9.80.